The summed E-state index contributed by atoms with van der Waals surface area (Å²) in [5.74, 6) is 0.449. The molecule has 0 aromatic heterocycles. The van der Waals surface area contributed by atoms with Crippen molar-refractivity contribution in [3.05, 3.63) is 28.8 Å². The van der Waals surface area contributed by atoms with Gasteiger partial charge in [0.15, 0.2) is 0 Å². The molecule has 0 aliphatic heterocycles. The fraction of sp³-hybridized carbons (Fsp3) is 0.200. The third kappa shape index (κ3) is 1.45. The Bertz CT molecular complexity index is 410. The first kappa shape index (κ1) is 9.09. The number of aryl methyl sites for hydroxylation is 1. The zero-order chi connectivity index (χ0) is 9.84. The molecule has 1 rings (SSSR count). The molecule has 64 valence electrons. The van der Waals surface area contributed by atoms with Crippen molar-refractivity contribution in [2.75, 3.05) is 7.11 Å². The van der Waals surface area contributed by atoms with Gasteiger partial charge in [-0.05, 0) is 18.6 Å². The summed E-state index contributed by atoms with van der Waals surface area (Å²) < 4.78 is 4.96. The molecule has 0 atom stereocenters. The molecular formula is C10H8N2O. The molecule has 0 unspecified atom stereocenters. The minimum absolute atomic E-state index is 0.310. The number of nitriles is 2. The van der Waals surface area contributed by atoms with Crippen molar-refractivity contribution < 1.29 is 4.74 Å². The smallest absolute Gasteiger partial charge is 0.137 e. The zero-order valence-electron chi connectivity index (χ0n) is 7.46. The van der Waals surface area contributed by atoms with Crippen LogP contribution in [0.2, 0.25) is 0 Å². The molecule has 0 radical (unpaired) electrons. The van der Waals surface area contributed by atoms with E-state index in [9.17, 15) is 0 Å². The number of nitrogens with zero attached hydrogens (tertiary/aromatic N) is 2. The molecule has 0 spiro atoms. The summed E-state index contributed by atoms with van der Waals surface area (Å²) in [4.78, 5) is 0. The minimum Gasteiger partial charge on any atom is -0.495 e. The van der Waals surface area contributed by atoms with Gasteiger partial charge >= 0.3 is 0 Å². The van der Waals surface area contributed by atoms with E-state index in [1.54, 1.807) is 19.1 Å². The maximum atomic E-state index is 8.80. The Morgan fingerprint density at radius 2 is 1.77 bits per heavy atom. The lowest BCUT2D eigenvalue weighted by molar-refractivity contribution is 0.413. The van der Waals surface area contributed by atoms with Gasteiger partial charge in [0.2, 0.25) is 0 Å². The predicted octanol–water partition coefficient (Wildman–Crippen LogP) is 1.75. The molecule has 0 heterocycles. The van der Waals surface area contributed by atoms with E-state index in [1.807, 2.05) is 12.1 Å². The van der Waals surface area contributed by atoms with Gasteiger partial charge in [-0.2, -0.15) is 10.5 Å². The zero-order valence-corrected chi connectivity index (χ0v) is 7.46. The fourth-order valence-corrected chi connectivity index (χ4v) is 1.11. The van der Waals surface area contributed by atoms with Crippen molar-refractivity contribution in [3.8, 4) is 17.9 Å². The summed E-state index contributed by atoms with van der Waals surface area (Å²) in [5.41, 5.74) is 1.49. The molecule has 1 aromatic rings. The SMILES string of the molecule is COc1ccc(C)c(C#N)c1C#N. The highest BCUT2D eigenvalue weighted by Crippen LogP contribution is 2.23. The number of hydrogen-bond donors (Lipinski definition) is 0. The molecule has 0 amide bonds. The second-order valence-corrected chi connectivity index (χ2v) is 2.56. The van der Waals surface area contributed by atoms with E-state index in [4.69, 9.17) is 15.3 Å². The van der Waals surface area contributed by atoms with Crippen molar-refractivity contribution in [2.24, 2.45) is 0 Å². The molecule has 0 aliphatic rings. The Labute approximate surface area is 76.8 Å². The number of rotatable bonds is 1. The second-order valence-electron chi connectivity index (χ2n) is 2.56. The summed E-state index contributed by atoms with van der Waals surface area (Å²) >= 11 is 0. The first-order chi connectivity index (χ1) is 6.24. The quantitative estimate of drug-likeness (QED) is 0.648. The Morgan fingerprint density at radius 1 is 1.15 bits per heavy atom. The van der Waals surface area contributed by atoms with Crippen LogP contribution < -0.4 is 4.74 Å². The summed E-state index contributed by atoms with van der Waals surface area (Å²) in [6.45, 7) is 1.79. The Balaban J connectivity index is 3.50. The van der Waals surface area contributed by atoms with Crippen LogP contribution in [0.4, 0.5) is 0 Å². The maximum absolute atomic E-state index is 8.80. The van der Waals surface area contributed by atoms with Crippen LogP contribution in [-0.2, 0) is 0 Å². The molecule has 1 aromatic carbocycles. The monoisotopic (exact) mass is 172 g/mol. The van der Waals surface area contributed by atoms with Crippen LogP contribution in [0.15, 0.2) is 12.1 Å². The molecule has 0 aliphatic carbocycles. The van der Waals surface area contributed by atoms with Gasteiger partial charge in [0.25, 0.3) is 0 Å². The molecule has 0 saturated carbocycles. The van der Waals surface area contributed by atoms with Gasteiger partial charge in [-0.3, -0.25) is 0 Å². The van der Waals surface area contributed by atoms with E-state index in [2.05, 4.69) is 0 Å². The highest BCUT2D eigenvalue weighted by Gasteiger charge is 2.10. The van der Waals surface area contributed by atoms with Crippen LogP contribution in [0.5, 0.6) is 5.75 Å². The van der Waals surface area contributed by atoms with Crippen molar-refractivity contribution >= 4 is 0 Å². The Hall–Kier alpha value is -2.00. The van der Waals surface area contributed by atoms with E-state index in [-0.39, 0.29) is 0 Å². The molecule has 0 N–H and O–H groups in total. The molecule has 0 fully saturated rings. The number of benzene rings is 1. The number of ether oxygens (including phenoxy) is 1. The topological polar surface area (TPSA) is 56.8 Å². The third-order valence-electron chi connectivity index (χ3n) is 1.82. The summed E-state index contributed by atoms with van der Waals surface area (Å²) in [6, 6.07) is 7.40. The highest BCUT2D eigenvalue weighted by atomic mass is 16.5. The van der Waals surface area contributed by atoms with Crippen molar-refractivity contribution in [1.82, 2.24) is 0 Å². The lowest BCUT2D eigenvalue weighted by atomic mass is 10.0. The van der Waals surface area contributed by atoms with Gasteiger partial charge in [-0.25, -0.2) is 0 Å². The summed E-state index contributed by atoms with van der Waals surface area (Å²) in [7, 11) is 1.48. The Kier molecular flexibility index (Phi) is 2.52. The van der Waals surface area contributed by atoms with Crippen LogP contribution in [0.3, 0.4) is 0 Å². The van der Waals surface area contributed by atoms with Gasteiger partial charge in [0.05, 0.1) is 12.7 Å². The lowest BCUT2D eigenvalue weighted by Gasteiger charge is -2.05. The van der Waals surface area contributed by atoms with Crippen LogP contribution >= 0.6 is 0 Å². The Morgan fingerprint density at radius 3 is 2.23 bits per heavy atom. The van der Waals surface area contributed by atoms with Crippen molar-refractivity contribution in [1.29, 1.82) is 10.5 Å². The normalized spacial score (nSPS) is 8.62. The highest BCUT2D eigenvalue weighted by molar-refractivity contribution is 5.57. The van der Waals surface area contributed by atoms with E-state index < -0.39 is 0 Å². The first-order valence-electron chi connectivity index (χ1n) is 3.72. The summed E-state index contributed by atoms with van der Waals surface area (Å²) in [6.07, 6.45) is 0. The second kappa shape index (κ2) is 3.60. The largest absolute Gasteiger partial charge is 0.495 e. The van der Waals surface area contributed by atoms with E-state index >= 15 is 0 Å². The minimum atomic E-state index is 0.310. The van der Waals surface area contributed by atoms with E-state index in [0.717, 1.165) is 5.56 Å². The lowest BCUT2D eigenvalue weighted by Crippen LogP contribution is -1.93. The average molecular weight is 172 g/mol. The van der Waals surface area contributed by atoms with Crippen molar-refractivity contribution in [2.45, 2.75) is 6.92 Å². The molecule has 13 heavy (non-hydrogen) atoms. The van der Waals surface area contributed by atoms with E-state index in [1.165, 1.54) is 7.11 Å². The predicted molar refractivity (Wildman–Crippen MR) is 47.2 cm³/mol. The van der Waals surface area contributed by atoms with Crippen LogP contribution in [0.25, 0.3) is 0 Å². The number of hydrogen-bond acceptors (Lipinski definition) is 3. The standard InChI is InChI=1S/C10H8N2O/c1-7-3-4-10(13-2)9(6-12)8(7)5-11/h3-4H,1-2H3. The maximum Gasteiger partial charge on any atom is 0.137 e. The molecule has 3 nitrogen and oxygen atoms in total. The molecular weight excluding hydrogens is 164 g/mol. The molecule has 3 heteroatoms. The fourth-order valence-electron chi connectivity index (χ4n) is 1.11. The average Bonchev–Trinajstić information content (AvgIpc) is 2.17. The first-order valence-corrected chi connectivity index (χ1v) is 3.72. The third-order valence-corrected chi connectivity index (χ3v) is 1.82. The van der Waals surface area contributed by atoms with Crippen LogP contribution in [-0.4, -0.2) is 7.11 Å². The molecule has 0 saturated heterocycles. The van der Waals surface area contributed by atoms with Crippen LogP contribution in [0, 0.1) is 29.6 Å². The van der Waals surface area contributed by atoms with Crippen LogP contribution in [0.1, 0.15) is 16.7 Å². The van der Waals surface area contributed by atoms with E-state index in [0.29, 0.717) is 16.9 Å². The summed E-state index contributed by atoms with van der Waals surface area (Å²) in [5, 5.41) is 17.6. The van der Waals surface area contributed by atoms with Gasteiger partial charge in [0, 0.05) is 0 Å². The van der Waals surface area contributed by atoms with Crippen molar-refractivity contribution in [3.63, 3.8) is 0 Å². The van der Waals surface area contributed by atoms with Gasteiger partial charge < -0.3 is 4.74 Å². The van der Waals surface area contributed by atoms with Gasteiger partial charge in [-0.1, -0.05) is 6.07 Å². The number of methoxy groups -OCH3 is 1. The van der Waals surface area contributed by atoms with Gasteiger partial charge in [0.1, 0.15) is 23.5 Å². The molecule has 0 bridgehead atoms. The van der Waals surface area contributed by atoms with Gasteiger partial charge in [-0.15, -0.1) is 0 Å².